The summed E-state index contributed by atoms with van der Waals surface area (Å²) < 4.78 is 0. The van der Waals surface area contributed by atoms with E-state index in [9.17, 15) is 0 Å². The first kappa shape index (κ1) is 9.72. The van der Waals surface area contributed by atoms with Crippen LogP contribution in [0.1, 0.15) is 43.2 Å². The third-order valence-electron chi connectivity index (χ3n) is 3.19. The van der Waals surface area contributed by atoms with Gasteiger partial charge in [-0.05, 0) is 35.3 Å². The minimum atomic E-state index is 0.344. The molecule has 1 aliphatic rings. The Bertz CT molecular complexity index is 300. The number of aliphatic hydroxyl groups is 1. The predicted octanol–water partition coefficient (Wildman–Crippen LogP) is 2.91. The Labute approximate surface area is 85.8 Å². The Morgan fingerprint density at radius 1 is 1.29 bits per heavy atom. The Kier molecular flexibility index (Phi) is 2.60. The molecule has 0 aliphatic heterocycles. The van der Waals surface area contributed by atoms with Crippen molar-refractivity contribution in [3.63, 3.8) is 0 Å². The van der Waals surface area contributed by atoms with Crippen molar-refractivity contribution >= 4 is 0 Å². The van der Waals surface area contributed by atoms with Crippen LogP contribution >= 0.6 is 0 Å². The van der Waals surface area contributed by atoms with Gasteiger partial charge in [0.1, 0.15) is 0 Å². The molecule has 0 saturated heterocycles. The van der Waals surface area contributed by atoms with E-state index in [0.29, 0.717) is 24.4 Å². The normalized spacial score (nSPS) is 25.4. The third kappa shape index (κ3) is 1.83. The van der Waals surface area contributed by atoms with E-state index in [0.717, 1.165) is 6.42 Å². The number of benzene rings is 1. The molecule has 1 aromatic carbocycles. The summed E-state index contributed by atoms with van der Waals surface area (Å²) in [4.78, 5) is 0. The summed E-state index contributed by atoms with van der Waals surface area (Å²) in [6.45, 7) is 4.77. The maximum absolute atomic E-state index is 8.98. The first-order valence-electron chi connectivity index (χ1n) is 5.43. The summed E-state index contributed by atoms with van der Waals surface area (Å²) in [7, 11) is 0. The minimum absolute atomic E-state index is 0.344. The van der Waals surface area contributed by atoms with E-state index in [1.54, 1.807) is 0 Å². The van der Waals surface area contributed by atoms with E-state index in [2.05, 4.69) is 38.1 Å². The molecular weight excluding hydrogens is 172 g/mol. The Morgan fingerprint density at radius 2 is 1.93 bits per heavy atom. The fourth-order valence-corrected chi connectivity index (χ4v) is 1.99. The van der Waals surface area contributed by atoms with Gasteiger partial charge in [-0.3, -0.25) is 0 Å². The lowest BCUT2D eigenvalue weighted by Crippen LogP contribution is -1.90. The molecule has 2 atom stereocenters. The fraction of sp³-hybridized carbons (Fsp3) is 0.538. The van der Waals surface area contributed by atoms with Gasteiger partial charge in [-0.15, -0.1) is 0 Å². The molecule has 1 aromatic rings. The van der Waals surface area contributed by atoms with Crippen molar-refractivity contribution < 1.29 is 5.11 Å². The van der Waals surface area contributed by atoms with Gasteiger partial charge in [-0.2, -0.15) is 0 Å². The van der Waals surface area contributed by atoms with Crippen molar-refractivity contribution in [1.29, 1.82) is 0 Å². The lowest BCUT2D eigenvalue weighted by atomic mass is 10.00. The average molecular weight is 190 g/mol. The zero-order valence-corrected chi connectivity index (χ0v) is 8.90. The van der Waals surface area contributed by atoms with Crippen LogP contribution in [-0.4, -0.2) is 11.7 Å². The van der Waals surface area contributed by atoms with E-state index >= 15 is 0 Å². The lowest BCUT2D eigenvalue weighted by Gasteiger charge is -2.06. The predicted molar refractivity (Wildman–Crippen MR) is 58.5 cm³/mol. The molecule has 0 unspecified atom stereocenters. The van der Waals surface area contributed by atoms with Crippen LogP contribution in [-0.2, 0) is 0 Å². The highest BCUT2D eigenvalue weighted by Crippen LogP contribution is 2.46. The van der Waals surface area contributed by atoms with Crippen molar-refractivity contribution in [2.24, 2.45) is 5.92 Å². The van der Waals surface area contributed by atoms with Crippen molar-refractivity contribution in [2.45, 2.75) is 32.1 Å². The molecule has 0 bridgehead atoms. The van der Waals surface area contributed by atoms with Gasteiger partial charge in [0.15, 0.2) is 0 Å². The van der Waals surface area contributed by atoms with Gasteiger partial charge in [0, 0.05) is 6.61 Å². The second kappa shape index (κ2) is 3.74. The molecule has 0 spiro atoms. The van der Waals surface area contributed by atoms with Crippen LogP contribution in [0.15, 0.2) is 24.3 Å². The summed E-state index contributed by atoms with van der Waals surface area (Å²) in [6, 6.07) is 8.87. The molecule has 1 nitrogen and oxygen atoms in total. The third-order valence-corrected chi connectivity index (χ3v) is 3.19. The highest BCUT2D eigenvalue weighted by atomic mass is 16.3. The lowest BCUT2D eigenvalue weighted by molar-refractivity contribution is 0.274. The summed E-state index contributed by atoms with van der Waals surface area (Å²) in [5.41, 5.74) is 2.79. The van der Waals surface area contributed by atoms with Crippen LogP contribution < -0.4 is 0 Å². The molecule has 0 radical (unpaired) electrons. The standard InChI is InChI=1S/C13H18O/c1-9(2)10-3-5-11(6-4-10)13-7-12(13)8-14/h3-6,9,12-14H,7-8H2,1-2H3/t12-,13+/m1/s1. The Hall–Kier alpha value is -0.820. The molecular formula is C13H18O. The number of hydrogen-bond acceptors (Lipinski definition) is 1. The van der Waals surface area contributed by atoms with Crippen molar-refractivity contribution in [3.05, 3.63) is 35.4 Å². The molecule has 1 heteroatoms. The van der Waals surface area contributed by atoms with E-state index in [1.807, 2.05) is 0 Å². The molecule has 0 heterocycles. The van der Waals surface area contributed by atoms with Crippen LogP contribution in [0.2, 0.25) is 0 Å². The van der Waals surface area contributed by atoms with Crippen LogP contribution in [0.5, 0.6) is 0 Å². The maximum Gasteiger partial charge on any atom is 0.0465 e. The van der Waals surface area contributed by atoms with Gasteiger partial charge in [0.25, 0.3) is 0 Å². The van der Waals surface area contributed by atoms with Crippen molar-refractivity contribution in [1.82, 2.24) is 0 Å². The Balaban J connectivity index is 2.08. The van der Waals surface area contributed by atoms with Crippen LogP contribution in [0.4, 0.5) is 0 Å². The average Bonchev–Trinajstić information content (AvgIpc) is 2.97. The van der Waals surface area contributed by atoms with E-state index in [1.165, 1.54) is 11.1 Å². The van der Waals surface area contributed by atoms with Crippen LogP contribution in [0.25, 0.3) is 0 Å². The molecule has 0 aromatic heterocycles. The topological polar surface area (TPSA) is 20.2 Å². The number of hydrogen-bond donors (Lipinski definition) is 1. The largest absolute Gasteiger partial charge is 0.396 e. The zero-order valence-electron chi connectivity index (χ0n) is 8.90. The van der Waals surface area contributed by atoms with E-state index in [4.69, 9.17) is 5.11 Å². The summed E-state index contributed by atoms with van der Waals surface area (Å²) in [5.74, 6) is 1.76. The highest BCUT2D eigenvalue weighted by Gasteiger charge is 2.37. The molecule has 0 amide bonds. The van der Waals surface area contributed by atoms with Gasteiger partial charge < -0.3 is 5.11 Å². The monoisotopic (exact) mass is 190 g/mol. The maximum atomic E-state index is 8.98. The smallest absolute Gasteiger partial charge is 0.0465 e. The molecule has 2 rings (SSSR count). The molecule has 1 N–H and O–H groups in total. The summed E-state index contributed by atoms with van der Waals surface area (Å²) in [5, 5.41) is 8.98. The zero-order chi connectivity index (χ0) is 10.1. The first-order chi connectivity index (χ1) is 6.72. The van der Waals surface area contributed by atoms with Crippen molar-refractivity contribution in [2.75, 3.05) is 6.61 Å². The summed E-state index contributed by atoms with van der Waals surface area (Å²) >= 11 is 0. The molecule has 14 heavy (non-hydrogen) atoms. The Morgan fingerprint density at radius 3 is 2.36 bits per heavy atom. The summed E-state index contributed by atoms with van der Waals surface area (Å²) in [6.07, 6.45) is 1.16. The van der Waals surface area contributed by atoms with Crippen molar-refractivity contribution in [3.8, 4) is 0 Å². The minimum Gasteiger partial charge on any atom is -0.396 e. The van der Waals surface area contributed by atoms with E-state index < -0.39 is 0 Å². The number of aliphatic hydroxyl groups excluding tert-OH is 1. The molecule has 1 aliphatic carbocycles. The van der Waals surface area contributed by atoms with Crippen LogP contribution in [0.3, 0.4) is 0 Å². The highest BCUT2D eigenvalue weighted by molar-refractivity contribution is 5.30. The number of rotatable bonds is 3. The van der Waals surface area contributed by atoms with Gasteiger partial charge in [-0.1, -0.05) is 38.1 Å². The van der Waals surface area contributed by atoms with Gasteiger partial charge in [0.2, 0.25) is 0 Å². The fourth-order valence-electron chi connectivity index (χ4n) is 1.99. The molecule has 76 valence electrons. The van der Waals surface area contributed by atoms with Gasteiger partial charge >= 0.3 is 0 Å². The molecule has 1 fully saturated rings. The first-order valence-corrected chi connectivity index (χ1v) is 5.43. The molecule has 1 saturated carbocycles. The van der Waals surface area contributed by atoms with Gasteiger partial charge in [0.05, 0.1) is 0 Å². The van der Waals surface area contributed by atoms with Crippen LogP contribution in [0, 0.1) is 5.92 Å². The SMILES string of the molecule is CC(C)c1ccc([C@@H]2C[C@@H]2CO)cc1. The van der Waals surface area contributed by atoms with E-state index in [-0.39, 0.29) is 0 Å². The second-order valence-corrected chi connectivity index (χ2v) is 4.61. The van der Waals surface area contributed by atoms with Gasteiger partial charge in [-0.25, -0.2) is 0 Å². The second-order valence-electron chi connectivity index (χ2n) is 4.61. The quantitative estimate of drug-likeness (QED) is 0.777.